The van der Waals surface area contributed by atoms with E-state index in [0.717, 1.165) is 24.8 Å². The van der Waals surface area contributed by atoms with Gasteiger partial charge in [-0.3, -0.25) is 10.00 Å². The molecule has 2 aliphatic heterocycles. The van der Waals surface area contributed by atoms with Crippen LogP contribution in [0.3, 0.4) is 0 Å². The van der Waals surface area contributed by atoms with Crippen LogP contribution in [-0.4, -0.2) is 63.5 Å². The predicted molar refractivity (Wildman–Crippen MR) is 101 cm³/mol. The molecule has 27 heavy (non-hydrogen) atoms. The van der Waals surface area contributed by atoms with Crippen molar-refractivity contribution in [3.63, 3.8) is 0 Å². The fourth-order valence-corrected chi connectivity index (χ4v) is 4.67. The Morgan fingerprint density at radius 1 is 1.19 bits per heavy atom. The number of nitrogens with zero attached hydrogens (tertiary/aromatic N) is 4. The van der Waals surface area contributed by atoms with Gasteiger partial charge in [0.1, 0.15) is 5.82 Å². The van der Waals surface area contributed by atoms with Gasteiger partial charge in [0, 0.05) is 43.0 Å². The van der Waals surface area contributed by atoms with E-state index in [9.17, 15) is 0 Å². The van der Waals surface area contributed by atoms with Gasteiger partial charge in [-0.15, -0.1) is 0 Å². The first-order chi connectivity index (χ1) is 13.2. The average molecular weight is 367 g/mol. The highest BCUT2D eigenvalue weighted by molar-refractivity contribution is 5.53. The number of hydrogen-bond acceptors (Lipinski definition) is 7. The van der Waals surface area contributed by atoms with Crippen LogP contribution in [0.2, 0.25) is 0 Å². The van der Waals surface area contributed by atoms with E-state index in [4.69, 9.17) is 4.74 Å². The molecule has 2 aliphatic carbocycles. The molecule has 142 valence electrons. The molecule has 0 radical (unpaired) electrons. The van der Waals surface area contributed by atoms with Crippen LogP contribution in [0.5, 0.6) is 0 Å². The summed E-state index contributed by atoms with van der Waals surface area (Å²) >= 11 is 0. The maximum Gasteiger partial charge on any atom is 0.224 e. The molecule has 2 aromatic heterocycles. The molecule has 3 N–H and O–H groups in total. The number of aromatic amines is 1. The summed E-state index contributed by atoms with van der Waals surface area (Å²) in [6.45, 7) is 4.29. The van der Waals surface area contributed by atoms with E-state index in [1.807, 2.05) is 6.07 Å². The van der Waals surface area contributed by atoms with Gasteiger partial charge < -0.3 is 15.4 Å². The highest BCUT2D eigenvalue weighted by atomic mass is 16.5. The molecule has 4 aliphatic rings. The Balaban J connectivity index is 1.03. The SMILES string of the molecule is c1cc(Nc2cc(C3CC3)[nH]n2)nc(NC2CC3(C2)CN(C2COC2)C3)n1. The Labute approximate surface area is 158 Å². The van der Waals surface area contributed by atoms with E-state index in [1.165, 1.54) is 44.5 Å². The van der Waals surface area contributed by atoms with Crippen molar-refractivity contribution in [1.29, 1.82) is 0 Å². The molecule has 0 unspecified atom stereocenters. The van der Waals surface area contributed by atoms with Gasteiger partial charge in [-0.25, -0.2) is 4.98 Å². The zero-order valence-corrected chi connectivity index (χ0v) is 15.3. The molecule has 2 aromatic rings. The standard InChI is InChI=1S/C19H25N7O/c1-2-12(1)15-5-17(25-24-15)22-16-3-4-20-18(23-16)21-13-6-19(7-13)10-26(11-19)14-8-27-9-14/h3-5,12-14H,1-2,6-11H2,(H3,20,21,22,23,24,25). The van der Waals surface area contributed by atoms with E-state index in [0.29, 0.717) is 29.4 Å². The minimum atomic E-state index is 0.479. The molecule has 0 atom stereocenters. The van der Waals surface area contributed by atoms with Crippen LogP contribution in [0, 0.1) is 5.41 Å². The smallest absolute Gasteiger partial charge is 0.224 e. The van der Waals surface area contributed by atoms with Crippen molar-refractivity contribution >= 4 is 17.6 Å². The number of hydrogen-bond donors (Lipinski definition) is 3. The van der Waals surface area contributed by atoms with Crippen LogP contribution in [0.1, 0.15) is 37.3 Å². The summed E-state index contributed by atoms with van der Waals surface area (Å²) in [5.74, 6) is 2.95. The van der Waals surface area contributed by atoms with Crippen LogP contribution in [-0.2, 0) is 4.74 Å². The number of H-pyrrole nitrogens is 1. The minimum Gasteiger partial charge on any atom is -0.378 e. The highest BCUT2D eigenvalue weighted by Crippen LogP contribution is 2.50. The van der Waals surface area contributed by atoms with Crippen LogP contribution in [0.15, 0.2) is 18.3 Å². The fraction of sp³-hybridized carbons (Fsp3) is 0.632. The van der Waals surface area contributed by atoms with Crippen LogP contribution < -0.4 is 10.6 Å². The van der Waals surface area contributed by atoms with E-state index in [-0.39, 0.29) is 0 Å². The zero-order valence-electron chi connectivity index (χ0n) is 15.3. The van der Waals surface area contributed by atoms with E-state index < -0.39 is 0 Å². The first kappa shape index (κ1) is 15.8. The quantitative estimate of drug-likeness (QED) is 0.720. The van der Waals surface area contributed by atoms with Crippen LogP contribution >= 0.6 is 0 Å². The highest BCUT2D eigenvalue weighted by Gasteiger charge is 2.54. The third-order valence-corrected chi connectivity index (χ3v) is 6.43. The van der Waals surface area contributed by atoms with Crippen molar-refractivity contribution in [1.82, 2.24) is 25.1 Å². The summed E-state index contributed by atoms with van der Waals surface area (Å²) in [7, 11) is 0. The molecule has 1 spiro atoms. The third kappa shape index (κ3) is 2.96. The topological polar surface area (TPSA) is 91.0 Å². The van der Waals surface area contributed by atoms with Crippen LogP contribution in [0.25, 0.3) is 0 Å². The van der Waals surface area contributed by atoms with Gasteiger partial charge in [0.2, 0.25) is 5.95 Å². The van der Waals surface area contributed by atoms with E-state index in [1.54, 1.807) is 6.20 Å². The maximum atomic E-state index is 5.30. The monoisotopic (exact) mass is 367 g/mol. The normalized spacial score (nSPS) is 24.9. The molecule has 4 fully saturated rings. The van der Waals surface area contributed by atoms with Crippen LogP contribution in [0.4, 0.5) is 17.6 Å². The Kier molecular flexibility index (Phi) is 3.46. The number of rotatable bonds is 6. The summed E-state index contributed by atoms with van der Waals surface area (Å²) in [4.78, 5) is 11.6. The lowest BCUT2D eigenvalue weighted by Gasteiger charge is -2.62. The average Bonchev–Trinajstić information content (AvgIpc) is 3.30. The molecule has 0 bridgehead atoms. The Bertz CT molecular complexity index is 830. The Hall–Kier alpha value is -2.19. The molecule has 6 rings (SSSR count). The van der Waals surface area contributed by atoms with Gasteiger partial charge in [-0.1, -0.05) is 0 Å². The number of nitrogens with one attached hydrogen (secondary N) is 3. The van der Waals surface area contributed by atoms with Crippen molar-refractivity contribution in [3.8, 4) is 0 Å². The number of anilines is 3. The molecular formula is C19H25N7O. The van der Waals surface area contributed by atoms with Gasteiger partial charge >= 0.3 is 0 Å². The first-order valence-corrected chi connectivity index (χ1v) is 9.98. The lowest BCUT2D eigenvalue weighted by molar-refractivity contribution is -0.155. The third-order valence-electron chi connectivity index (χ3n) is 6.43. The Morgan fingerprint density at radius 3 is 2.78 bits per heavy atom. The lowest BCUT2D eigenvalue weighted by atomic mass is 9.60. The van der Waals surface area contributed by atoms with Gasteiger partial charge in [0.25, 0.3) is 0 Å². The molecule has 0 amide bonds. The number of ether oxygens (including phenoxy) is 1. The molecule has 4 heterocycles. The maximum absolute atomic E-state index is 5.30. The molecule has 8 nitrogen and oxygen atoms in total. The van der Waals surface area contributed by atoms with Crippen molar-refractivity contribution in [2.45, 2.75) is 43.7 Å². The fourth-order valence-electron chi connectivity index (χ4n) is 4.67. The summed E-state index contributed by atoms with van der Waals surface area (Å²) in [5.41, 5.74) is 1.74. The molecular weight excluding hydrogens is 342 g/mol. The van der Waals surface area contributed by atoms with Gasteiger partial charge in [-0.2, -0.15) is 10.1 Å². The minimum absolute atomic E-state index is 0.479. The van der Waals surface area contributed by atoms with Gasteiger partial charge in [0.15, 0.2) is 5.82 Å². The lowest BCUT2D eigenvalue weighted by Crippen LogP contribution is -2.69. The van der Waals surface area contributed by atoms with E-state index in [2.05, 4.69) is 41.8 Å². The second kappa shape index (κ2) is 5.90. The largest absolute Gasteiger partial charge is 0.378 e. The zero-order chi connectivity index (χ0) is 17.8. The summed E-state index contributed by atoms with van der Waals surface area (Å²) in [5, 5.41) is 14.2. The summed E-state index contributed by atoms with van der Waals surface area (Å²) < 4.78 is 5.30. The first-order valence-electron chi connectivity index (χ1n) is 9.98. The second-order valence-corrected chi connectivity index (χ2v) is 8.72. The number of aromatic nitrogens is 4. The van der Waals surface area contributed by atoms with Gasteiger partial charge in [0.05, 0.1) is 19.3 Å². The Morgan fingerprint density at radius 2 is 2.04 bits per heavy atom. The summed E-state index contributed by atoms with van der Waals surface area (Å²) in [6, 6.07) is 5.12. The predicted octanol–water partition coefficient (Wildman–Crippen LogP) is 2.10. The second-order valence-electron chi connectivity index (χ2n) is 8.72. The van der Waals surface area contributed by atoms with E-state index >= 15 is 0 Å². The van der Waals surface area contributed by atoms with Crippen molar-refractivity contribution in [3.05, 3.63) is 24.0 Å². The van der Waals surface area contributed by atoms with Crippen molar-refractivity contribution < 1.29 is 4.74 Å². The molecule has 2 saturated heterocycles. The van der Waals surface area contributed by atoms with Crippen molar-refractivity contribution in [2.75, 3.05) is 36.9 Å². The number of likely N-dealkylation sites (tertiary alicyclic amines) is 1. The molecule has 0 aromatic carbocycles. The molecule has 2 saturated carbocycles. The van der Waals surface area contributed by atoms with Crippen molar-refractivity contribution in [2.24, 2.45) is 5.41 Å². The van der Waals surface area contributed by atoms with Gasteiger partial charge in [-0.05, 0) is 37.2 Å². The molecule has 8 heteroatoms. The summed E-state index contributed by atoms with van der Waals surface area (Å²) in [6.07, 6.45) is 6.74.